The molecule has 30 heavy (non-hydrogen) atoms. The van der Waals surface area contributed by atoms with Crippen LogP contribution in [0.3, 0.4) is 0 Å². The molecule has 1 heterocycles. The van der Waals surface area contributed by atoms with Gasteiger partial charge in [-0.2, -0.15) is 11.8 Å². The van der Waals surface area contributed by atoms with Gasteiger partial charge in [-0.15, -0.1) is 0 Å². The van der Waals surface area contributed by atoms with Crippen molar-refractivity contribution in [1.29, 1.82) is 0 Å². The van der Waals surface area contributed by atoms with Gasteiger partial charge < -0.3 is 21.3 Å². The fourth-order valence-electron chi connectivity index (χ4n) is 2.78. The van der Waals surface area contributed by atoms with Gasteiger partial charge in [-0.1, -0.05) is 50.5 Å². The summed E-state index contributed by atoms with van der Waals surface area (Å²) in [4.78, 5) is 24.5. The molecule has 0 saturated carbocycles. The summed E-state index contributed by atoms with van der Waals surface area (Å²) in [6, 6.07) is -0.749. The zero-order valence-electron chi connectivity index (χ0n) is 18.6. The molecule has 0 aliphatic carbocycles. The topological polar surface area (TPSA) is 82.3 Å². The van der Waals surface area contributed by atoms with Crippen LogP contribution >= 0.6 is 11.8 Å². The molecule has 1 rings (SSSR count). The Kier molecular flexibility index (Phi) is 11.1. The molecule has 0 bridgehead atoms. The van der Waals surface area contributed by atoms with E-state index in [1.807, 2.05) is 33.8 Å². The number of amides is 2. The lowest BCUT2D eigenvalue weighted by Gasteiger charge is -2.27. The zero-order valence-corrected chi connectivity index (χ0v) is 19.4. The van der Waals surface area contributed by atoms with E-state index in [0.29, 0.717) is 12.3 Å². The Morgan fingerprint density at radius 1 is 1.40 bits per heavy atom. The standard InChI is InChI=1S/C23H36N4O2S/c1-8-9-15(2)17(4)18(5)26-20(7)23(29)27-21-14-30-13-12-24-22(28)11-10-16(3)25-19(21)6/h8-11,16-17,20-21,25-26H,1,5-6,12-14H2,2-4,7H3,(H,24,28)(H,27,29)/b11-10+,15-9+/t16-,17-,20-,21-/m0/s1. The highest BCUT2D eigenvalue weighted by Crippen LogP contribution is 2.17. The monoisotopic (exact) mass is 432 g/mol. The van der Waals surface area contributed by atoms with Gasteiger partial charge in [0.05, 0.1) is 6.04 Å². The molecule has 7 heteroatoms. The molecular formula is C23H36N4O2S. The third-order valence-electron chi connectivity index (χ3n) is 4.90. The number of allylic oxidation sites excluding steroid dienone is 3. The summed E-state index contributed by atoms with van der Waals surface area (Å²) in [5.74, 6) is 1.29. The lowest BCUT2D eigenvalue weighted by molar-refractivity contribution is -0.123. The van der Waals surface area contributed by atoms with Crippen molar-refractivity contribution in [3.05, 3.63) is 61.0 Å². The van der Waals surface area contributed by atoms with Crippen molar-refractivity contribution < 1.29 is 9.59 Å². The Bertz CT molecular complexity index is 714. The zero-order chi connectivity index (χ0) is 22.7. The maximum atomic E-state index is 12.8. The maximum absolute atomic E-state index is 12.8. The second-order valence-electron chi connectivity index (χ2n) is 7.50. The number of carbonyl (C=O) groups is 2. The van der Waals surface area contributed by atoms with E-state index in [1.54, 1.807) is 23.9 Å². The average Bonchev–Trinajstić information content (AvgIpc) is 2.69. The van der Waals surface area contributed by atoms with Gasteiger partial charge >= 0.3 is 0 Å². The molecule has 0 saturated heterocycles. The van der Waals surface area contributed by atoms with Crippen molar-refractivity contribution in [3.8, 4) is 0 Å². The molecule has 0 aromatic carbocycles. The van der Waals surface area contributed by atoms with E-state index in [0.717, 1.165) is 22.7 Å². The second-order valence-corrected chi connectivity index (χ2v) is 8.65. The van der Waals surface area contributed by atoms with Crippen LogP contribution in [0.5, 0.6) is 0 Å². The van der Waals surface area contributed by atoms with Crippen molar-refractivity contribution in [1.82, 2.24) is 21.3 Å². The van der Waals surface area contributed by atoms with Crippen molar-refractivity contribution in [2.75, 3.05) is 18.1 Å². The van der Waals surface area contributed by atoms with E-state index in [4.69, 9.17) is 0 Å². The Labute approximate surface area is 185 Å². The van der Waals surface area contributed by atoms with Crippen molar-refractivity contribution in [2.24, 2.45) is 5.92 Å². The number of thioether (sulfide) groups is 1. The van der Waals surface area contributed by atoms with Gasteiger partial charge in [0.2, 0.25) is 11.8 Å². The molecule has 1 aliphatic rings. The van der Waals surface area contributed by atoms with Crippen LogP contribution in [0.15, 0.2) is 61.0 Å². The number of nitrogens with one attached hydrogen (secondary N) is 4. The SMILES string of the molecule is C=C/C=C(\C)[C@H](C)C(=C)N[C@@H](C)C(=O)N[C@H]1CSCCNC(=O)/C=C/[C@H](C)NC1=C. The van der Waals surface area contributed by atoms with Crippen LogP contribution < -0.4 is 21.3 Å². The summed E-state index contributed by atoms with van der Waals surface area (Å²) >= 11 is 1.66. The minimum atomic E-state index is -0.438. The summed E-state index contributed by atoms with van der Waals surface area (Å²) < 4.78 is 0. The van der Waals surface area contributed by atoms with E-state index in [-0.39, 0.29) is 29.8 Å². The van der Waals surface area contributed by atoms with Crippen molar-refractivity contribution in [3.63, 3.8) is 0 Å². The van der Waals surface area contributed by atoms with Gasteiger partial charge in [0.15, 0.2) is 0 Å². The van der Waals surface area contributed by atoms with Crippen LogP contribution in [0.2, 0.25) is 0 Å². The fraction of sp³-hybridized carbons (Fsp3) is 0.478. The highest BCUT2D eigenvalue weighted by atomic mass is 32.2. The summed E-state index contributed by atoms with van der Waals surface area (Å²) in [6.45, 7) is 20.3. The number of carbonyl (C=O) groups excluding carboxylic acids is 2. The molecule has 0 fully saturated rings. The fourth-order valence-corrected chi connectivity index (χ4v) is 3.71. The van der Waals surface area contributed by atoms with Gasteiger partial charge in [-0.05, 0) is 20.8 Å². The molecule has 6 nitrogen and oxygen atoms in total. The first-order valence-corrected chi connectivity index (χ1v) is 11.3. The minimum Gasteiger partial charge on any atom is -0.381 e. The number of rotatable bonds is 7. The number of hydrogen-bond acceptors (Lipinski definition) is 5. The molecular weight excluding hydrogens is 396 g/mol. The third-order valence-corrected chi connectivity index (χ3v) is 5.96. The average molecular weight is 433 g/mol. The molecule has 2 amide bonds. The molecule has 1 aliphatic heterocycles. The van der Waals surface area contributed by atoms with Crippen LogP contribution in [-0.4, -0.2) is 48.0 Å². The molecule has 0 spiro atoms. The molecule has 4 N–H and O–H groups in total. The molecule has 4 atom stereocenters. The van der Waals surface area contributed by atoms with Gasteiger partial charge in [0, 0.05) is 47.5 Å². The molecule has 0 radical (unpaired) electrons. The predicted molar refractivity (Wildman–Crippen MR) is 128 cm³/mol. The highest BCUT2D eigenvalue weighted by molar-refractivity contribution is 7.99. The van der Waals surface area contributed by atoms with Crippen LogP contribution in [-0.2, 0) is 9.59 Å². The minimum absolute atomic E-state index is 0.0807. The van der Waals surface area contributed by atoms with E-state index in [2.05, 4.69) is 41.0 Å². The molecule has 166 valence electrons. The Morgan fingerprint density at radius 3 is 2.77 bits per heavy atom. The van der Waals surface area contributed by atoms with Crippen LogP contribution in [0.4, 0.5) is 0 Å². The first kappa shape index (κ1) is 25.6. The largest absolute Gasteiger partial charge is 0.381 e. The van der Waals surface area contributed by atoms with Gasteiger partial charge in [0.25, 0.3) is 0 Å². The van der Waals surface area contributed by atoms with E-state index < -0.39 is 6.04 Å². The van der Waals surface area contributed by atoms with Gasteiger partial charge in [-0.25, -0.2) is 0 Å². The third kappa shape index (κ3) is 8.95. The Morgan fingerprint density at radius 2 is 2.10 bits per heavy atom. The van der Waals surface area contributed by atoms with Crippen LogP contribution in [0.25, 0.3) is 0 Å². The number of hydrogen-bond donors (Lipinski definition) is 4. The lowest BCUT2D eigenvalue weighted by atomic mass is 9.98. The van der Waals surface area contributed by atoms with E-state index >= 15 is 0 Å². The first-order chi connectivity index (χ1) is 14.1. The molecule has 0 aromatic rings. The molecule has 0 aromatic heterocycles. The predicted octanol–water partition coefficient (Wildman–Crippen LogP) is 2.64. The van der Waals surface area contributed by atoms with Crippen molar-refractivity contribution >= 4 is 23.6 Å². The summed E-state index contributed by atoms with van der Waals surface area (Å²) in [7, 11) is 0. The normalized spacial score (nSPS) is 24.1. The highest BCUT2D eigenvalue weighted by Gasteiger charge is 2.22. The van der Waals surface area contributed by atoms with Gasteiger partial charge in [0.1, 0.15) is 6.04 Å². The van der Waals surface area contributed by atoms with Crippen LogP contribution in [0, 0.1) is 5.92 Å². The van der Waals surface area contributed by atoms with Gasteiger partial charge in [-0.3, -0.25) is 9.59 Å². The van der Waals surface area contributed by atoms with Crippen LogP contribution in [0.1, 0.15) is 27.7 Å². The Hall–Kier alpha value is -2.41. The maximum Gasteiger partial charge on any atom is 0.243 e. The lowest BCUT2D eigenvalue weighted by Crippen LogP contribution is -2.50. The second kappa shape index (κ2) is 13.0. The smallest absolute Gasteiger partial charge is 0.243 e. The quantitative estimate of drug-likeness (QED) is 0.465. The summed E-state index contributed by atoms with van der Waals surface area (Å²) in [5.41, 5.74) is 2.63. The summed E-state index contributed by atoms with van der Waals surface area (Å²) in [5, 5.41) is 12.4. The van der Waals surface area contributed by atoms with Crippen molar-refractivity contribution in [2.45, 2.75) is 45.8 Å². The Balaban J connectivity index is 2.75. The first-order valence-electron chi connectivity index (χ1n) is 10.2. The summed E-state index contributed by atoms with van der Waals surface area (Å²) in [6.07, 6.45) is 6.99. The van der Waals surface area contributed by atoms with E-state index in [9.17, 15) is 9.59 Å². The van der Waals surface area contributed by atoms with E-state index in [1.165, 1.54) is 6.08 Å². The molecule has 0 unspecified atom stereocenters.